The molecule has 0 aliphatic heterocycles. The summed E-state index contributed by atoms with van der Waals surface area (Å²) in [4.78, 5) is 11.6. The number of rotatable bonds is 5. The molecule has 3 heteroatoms. The Labute approximate surface area is 89.9 Å². The van der Waals surface area contributed by atoms with Gasteiger partial charge in [0.25, 0.3) is 0 Å². The molecule has 15 heavy (non-hydrogen) atoms. The van der Waals surface area contributed by atoms with E-state index in [0.29, 0.717) is 24.9 Å². The Morgan fingerprint density at radius 3 is 2.73 bits per heavy atom. The summed E-state index contributed by atoms with van der Waals surface area (Å²) in [6.45, 7) is 2.26. The fraction of sp³-hybridized carbons (Fsp3) is 0.417. The van der Waals surface area contributed by atoms with Crippen LogP contribution in [0.1, 0.15) is 34.8 Å². The molecule has 1 aromatic rings. The molecular formula is C12H17NO2. The van der Waals surface area contributed by atoms with Gasteiger partial charge in [0.05, 0.1) is 0 Å². The fourth-order valence-electron chi connectivity index (χ4n) is 1.68. The number of Topliss-reactive ketones (excluding diaryl/α,β-unsaturated/α-hetero) is 1. The minimum atomic E-state index is 0.0801. The minimum absolute atomic E-state index is 0.0801. The number of carbonyl (C=O) groups excluding carboxylic acids is 1. The van der Waals surface area contributed by atoms with E-state index < -0.39 is 0 Å². The molecule has 0 aromatic heterocycles. The summed E-state index contributed by atoms with van der Waals surface area (Å²) < 4.78 is 0. The molecule has 0 spiro atoms. The third-order valence-electron chi connectivity index (χ3n) is 2.48. The molecule has 0 aliphatic rings. The normalized spacial score (nSPS) is 10.3. The number of ketones is 1. The smallest absolute Gasteiger partial charge is 0.162 e. The summed E-state index contributed by atoms with van der Waals surface area (Å²) in [6, 6.07) is 5.55. The monoisotopic (exact) mass is 207 g/mol. The number of nitrogens with two attached hydrogens (primary N) is 1. The van der Waals surface area contributed by atoms with Crippen molar-refractivity contribution in [1.29, 1.82) is 0 Å². The molecule has 3 nitrogen and oxygen atoms in total. The molecule has 1 aromatic carbocycles. The Hall–Kier alpha value is -1.19. The van der Waals surface area contributed by atoms with Crippen molar-refractivity contribution in [2.24, 2.45) is 5.73 Å². The average Bonchev–Trinajstić information content (AvgIpc) is 2.28. The third-order valence-corrected chi connectivity index (χ3v) is 2.48. The average molecular weight is 207 g/mol. The van der Waals surface area contributed by atoms with E-state index in [9.17, 15) is 4.79 Å². The molecule has 3 N–H and O–H groups in total. The van der Waals surface area contributed by atoms with Gasteiger partial charge in [0.15, 0.2) is 5.78 Å². The summed E-state index contributed by atoms with van der Waals surface area (Å²) in [5, 5.41) is 8.90. The molecular weight excluding hydrogens is 190 g/mol. The topological polar surface area (TPSA) is 63.3 Å². The molecule has 0 bridgehead atoms. The molecule has 1 rings (SSSR count). The second-order valence-corrected chi connectivity index (χ2v) is 3.40. The van der Waals surface area contributed by atoms with E-state index in [2.05, 4.69) is 0 Å². The first-order valence-corrected chi connectivity index (χ1v) is 5.19. The van der Waals surface area contributed by atoms with Crippen molar-refractivity contribution in [3.8, 4) is 0 Å². The number of aliphatic hydroxyl groups excluding tert-OH is 1. The van der Waals surface area contributed by atoms with E-state index in [-0.39, 0.29) is 12.4 Å². The van der Waals surface area contributed by atoms with Crippen LogP contribution >= 0.6 is 0 Å². The first kappa shape index (κ1) is 11.9. The molecule has 0 radical (unpaired) electrons. The van der Waals surface area contributed by atoms with Gasteiger partial charge in [-0.3, -0.25) is 4.79 Å². The zero-order valence-electron chi connectivity index (χ0n) is 8.99. The van der Waals surface area contributed by atoms with E-state index in [1.54, 1.807) is 6.07 Å². The Kier molecular flexibility index (Phi) is 4.46. The molecule has 0 amide bonds. The van der Waals surface area contributed by atoms with E-state index in [1.807, 2.05) is 19.1 Å². The van der Waals surface area contributed by atoms with Gasteiger partial charge in [-0.2, -0.15) is 0 Å². The second-order valence-electron chi connectivity index (χ2n) is 3.40. The van der Waals surface area contributed by atoms with Crippen molar-refractivity contribution < 1.29 is 9.90 Å². The van der Waals surface area contributed by atoms with E-state index in [1.165, 1.54) is 0 Å². The first-order chi connectivity index (χ1) is 7.24. The molecule has 0 saturated carbocycles. The predicted molar refractivity (Wildman–Crippen MR) is 59.7 cm³/mol. The van der Waals surface area contributed by atoms with Crippen molar-refractivity contribution in [3.63, 3.8) is 0 Å². The first-order valence-electron chi connectivity index (χ1n) is 5.19. The van der Waals surface area contributed by atoms with E-state index in [4.69, 9.17) is 10.8 Å². The van der Waals surface area contributed by atoms with Crippen LogP contribution in [-0.2, 0) is 13.0 Å². The van der Waals surface area contributed by atoms with E-state index >= 15 is 0 Å². The van der Waals surface area contributed by atoms with Gasteiger partial charge in [0, 0.05) is 25.1 Å². The van der Waals surface area contributed by atoms with Crippen LogP contribution in [0.3, 0.4) is 0 Å². The van der Waals surface area contributed by atoms with Crippen LogP contribution in [0.25, 0.3) is 0 Å². The Bertz CT molecular complexity index is 347. The molecule has 0 heterocycles. The number of hydrogen-bond acceptors (Lipinski definition) is 3. The summed E-state index contributed by atoms with van der Waals surface area (Å²) >= 11 is 0. The van der Waals surface area contributed by atoms with Crippen molar-refractivity contribution in [2.45, 2.75) is 26.3 Å². The lowest BCUT2D eigenvalue weighted by Crippen LogP contribution is -2.11. The summed E-state index contributed by atoms with van der Waals surface area (Å²) in [7, 11) is 0. The van der Waals surface area contributed by atoms with Crippen LogP contribution < -0.4 is 5.73 Å². The molecule has 0 unspecified atom stereocenters. The van der Waals surface area contributed by atoms with Crippen molar-refractivity contribution in [1.82, 2.24) is 0 Å². The lowest BCUT2D eigenvalue weighted by Gasteiger charge is -2.11. The van der Waals surface area contributed by atoms with Crippen LogP contribution in [0.5, 0.6) is 0 Å². The Morgan fingerprint density at radius 2 is 2.20 bits per heavy atom. The molecule has 82 valence electrons. The number of carbonyl (C=O) groups is 1. The quantitative estimate of drug-likeness (QED) is 0.715. The highest BCUT2D eigenvalue weighted by Crippen LogP contribution is 2.16. The van der Waals surface area contributed by atoms with Crippen LogP contribution in [0.4, 0.5) is 0 Å². The summed E-state index contributed by atoms with van der Waals surface area (Å²) in [5.74, 6) is 0.107. The van der Waals surface area contributed by atoms with Crippen molar-refractivity contribution in [2.75, 3.05) is 6.61 Å². The number of aliphatic hydroxyl groups is 1. The molecule has 0 atom stereocenters. The predicted octanol–water partition coefficient (Wildman–Crippen LogP) is 1.27. The van der Waals surface area contributed by atoms with Crippen LogP contribution in [0.15, 0.2) is 18.2 Å². The fourth-order valence-corrected chi connectivity index (χ4v) is 1.68. The minimum Gasteiger partial charge on any atom is -0.396 e. The maximum absolute atomic E-state index is 11.6. The second kappa shape index (κ2) is 5.63. The lowest BCUT2D eigenvalue weighted by molar-refractivity contribution is 0.0987. The largest absolute Gasteiger partial charge is 0.396 e. The van der Waals surface area contributed by atoms with Crippen LogP contribution in [-0.4, -0.2) is 17.5 Å². The van der Waals surface area contributed by atoms with Crippen molar-refractivity contribution in [3.05, 3.63) is 34.9 Å². The van der Waals surface area contributed by atoms with Gasteiger partial charge in [0.2, 0.25) is 0 Å². The van der Waals surface area contributed by atoms with Gasteiger partial charge < -0.3 is 10.8 Å². The molecule has 0 fully saturated rings. The van der Waals surface area contributed by atoms with Gasteiger partial charge >= 0.3 is 0 Å². The zero-order valence-corrected chi connectivity index (χ0v) is 8.99. The maximum atomic E-state index is 11.6. The maximum Gasteiger partial charge on any atom is 0.162 e. The Morgan fingerprint density at radius 1 is 1.47 bits per heavy atom. The SMILES string of the molecule is CCC(=O)c1cccc(CCO)c1CN. The van der Waals surface area contributed by atoms with Gasteiger partial charge in [-0.15, -0.1) is 0 Å². The van der Waals surface area contributed by atoms with Crippen molar-refractivity contribution >= 4 is 5.78 Å². The standard InChI is InChI=1S/C12H17NO2/c1-2-12(15)10-5-3-4-9(6-7-14)11(10)8-13/h3-5,14H,2,6-8,13H2,1H3. The highest BCUT2D eigenvalue weighted by atomic mass is 16.2. The molecule has 0 saturated heterocycles. The van der Waals surface area contributed by atoms with Crippen LogP contribution in [0.2, 0.25) is 0 Å². The Balaban J connectivity index is 3.15. The highest BCUT2D eigenvalue weighted by Gasteiger charge is 2.11. The number of hydrogen-bond donors (Lipinski definition) is 2. The van der Waals surface area contributed by atoms with Crippen LogP contribution in [0, 0.1) is 0 Å². The summed E-state index contributed by atoms with van der Waals surface area (Å²) in [6.07, 6.45) is 1.03. The number of benzene rings is 1. The highest BCUT2D eigenvalue weighted by molar-refractivity contribution is 5.97. The van der Waals surface area contributed by atoms with Gasteiger partial charge in [-0.05, 0) is 17.5 Å². The van der Waals surface area contributed by atoms with Gasteiger partial charge in [-0.1, -0.05) is 25.1 Å². The van der Waals surface area contributed by atoms with Gasteiger partial charge in [-0.25, -0.2) is 0 Å². The van der Waals surface area contributed by atoms with Gasteiger partial charge in [0.1, 0.15) is 0 Å². The van der Waals surface area contributed by atoms with E-state index in [0.717, 1.165) is 11.1 Å². The zero-order chi connectivity index (χ0) is 11.3. The lowest BCUT2D eigenvalue weighted by atomic mass is 9.95. The third kappa shape index (κ3) is 2.64. The molecule has 0 aliphatic carbocycles. The summed E-state index contributed by atoms with van der Waals surface area (Å²) in [5.41, 5.74) is 8.19.